The van der Waals surface area contributed by atoms with Crippen molar-refractivity contribution in [2.45, 2.75) is 31.1 Å². The summed E-state index contributed by atoms with van der Waals surface area (Å²) in [5.74, 6) is 0. The van der Waals surface area contributed by atoms with Crippen LogP contribution in [0.25, 0.3) is 0 Å². The van der Waals surface area contributed by atoms with Crippen LogP contribution in [-0.2, 0) is 5.41 Å². The van der Waals surface area contributed by atoms with Crippen molar-refractivity contribution in [2.75, 3.05) is 0 Å². The first-order valence-electron chi connectivity index (χ1n) is 4.94. The molecule has 1 aliphatic rings. The van der Waals surface area contributed by atoms with Crippen molar-refractivity contribution in [1.29, 1.82) is 5.26 Å². The minimum absolute atomic E-state index is 0.176. The third-order valence-electron chi connectivity index (χ3n) is 3.07. The van der Waals surface area contributed by atoms with Crippen molar-refractivity contribution < 1.29 is 0 Å². The summed E-state index contributed by atoms with van der Waals surface area (Å²) in [7, 11) is 0. The molecule has 2 heteroatoms. The molecule has 0 spiro atoms. The van der Waals surface area contributed by atoms with Gasteiger partial charge in [0, 0.05) is 3.57 Å². The van der Waals surface area contributed by atoms with E-state index in [0.29, 0.717) is 0 Å². The van der Waals surface area contributed by atoms with Gasteiger partial charge in [-0.1, -0.05) is 25.0 Å². The zero-order valence-corrected chi connectivity index (χ0v) is 10.1. The Morgan fingerprint density at radius 1 is 1.14 bits per heavy atom. The van der Waals surface area contributed by atoms with E-state index < -0.39 is 0 Å². The summed E-state index contributed by atoms with van der Waals surface area (Å²) in [5, 5.41) is 9.29. The molecule has 0 N–H and O–H groups in total. The summed E-state index contributed by atoms with van der Waals surface area (Å²) in [6.45, 7) is 0. The quantitative estimate of drug-likeness (QED) is 0.726. The van der Waals surface area contributed by atoms with E-state index in [2.05, 4.69) is 52.9 Å². The average molecular weight is 297 g/mol. The lowest BCUT2D eigenvalue weighted by atomic mass is 9.80. The molecule has 1 aromatic carbocycles. The fraction of sp³-hybridized carbons (Fsp3) is 0.417. The standard InChI is InChI=1S/C12H12IN/c13-11-5-3-10(4-6-11)12(9-14)7-1-2-8-12/h3-6H,1-2,7-8H2. The van der Waals surface area contributed by atoms with E-state index in [9.17, 15) is 5.26 Å². The Hall–Kier alpha value is -0.560. The highest BCUT2D eigenvalue weighted by Crippen LogP contribution is 2.40. The van der Waals surface area contributed by atoms with Gasteiger partial charge >= 0.3 is 0 Å². The monoisotopic (exact) mass is 297 g/mol. The van der Waals surface area contributed by atoms with Crippen molar-refractivity contribution in [3.05, 3.63) is 33.4 Å². The molecule has 0 saturated heterocycles. The highest BCUT2D eigenvalue weighted by Gasteiger charge is 2.35. The molecule has 1 saturated carbocycles. The van der Waals surface area contributed by atoms with E-state index >= 15 is 0 Å². The molecule has 72 valence electrons. The van der Waals surface area contributed by atoms with Gasteiger partial charge in [0.1, 0.15) is 0 Å². The molecule has 0 bridgehead atoms. The van der Waals surface area contributed by atoms with Gasteiger partial charge in [-0.05, 0) is 53.1 Å². The summed E-state index contributed by atoms with van der Waals surface area (Å²) in [6.07, 6.45) is 4.45. The second-order valence-corrected chi connectivity index (χ2v) is 5.15. The maximum absolute atomic E-state index is 9.29. The third-order valence-corrected chi connectivity index (χ3v) is 3.79. The number of nitriles is 1. The van der Waals surface area contributed by atoms with Crippen molar-refractivity contribution in [3.8, 4) is 6.07 Å². The van der Waals surface area contributed by atoms with E-state index in [-0.39, 0.29) is 5.41 Å². The molecule has 1 aromatic rings. The summed E-state index contributed by atoms with van der Waals surface area (Å²) in [4.78, 5) is 0. The predicted molar refractivity (Wildman–Crippen MR) is 64.9 cm³/mol. The topological polar surface area (TPSA) is 23.8 Å². The van der Waals surface area contributed by atoms with Gasteiger partial charge in [0.25, 0.3) is 0 Å². The molecular weight excluding hydrogens is 285 g/mol. The largest absolute Gasteiger partial charge is 0.197 e. The van der Waals surface area contributed by atoms with Gasteiger partial charge in [-0.3, -0.25) is 0 Å². The van der Waals surface area contributed by atoms with Crippen LogP contribution in [0.5, 0.6) is 0 Å². The zero-order valence-electron chi connectivity index (χ0n) is 7.96. The van der Waals surface area contributed by atoms with Gasteiger partial charge in [-0.15, -0.1) is 0 Å². The summed E-state index contributed by atoms with van der Waals surface area (Å²) in [6, 6.07) is 10.9. The highest BCUT2D eigenvalue weighted by atomic mass is 127. The van der Waals surface area contributed by atoms with Crippen molar-refractivity contribution in [1.82, 2.24) is 0 Å². The van der Waals surface area contributed by atoms with Crippen LogP contribution in [0.3, 0.4) is 0 Å². The first kappa shape index (κ1) is 9.97. The van der Waals surface area contributed by atoms with Crippen LogP contribution in [0.15, 0.2) is 24.3 Å². The van der Waals surface area contributed by atoms with Gasteiger partial charge in [0.05, 0.1) is 11.5 Å². The molecule has 0 aromatic heterocycles. The van der Waals surface area contributed by atoms with Crippen LogP contribution in [-0.4, -0.2) is 0 Å². The minimum Gasteiger partial charge on any atom is -0.197 e. The van der Waals surface area contributed by atoms with Gasteiger partial charge in [0.2, 0.25) is 0 Å². The first-order valence-corrected chi connectivity index (χ1v) is 6.02. The van der Waals surface area contributed by atoms with E-state index in [1.807, 2.05) is 0 Å². The number of benzene rings is 1. The SMILES string of the molecule is N#CC1(c2ccc(I)cc2)CCCC1. The molecule has 0 atom stereocenters. The number of hydrogen-bond donors (Lipinski definition) is 0. The Morgan fingerprint density at radius 2 is 1.71 bits per heavy atom. The van der Waals surface area contributed by atoms with Crippen LogP contribution < -0.4 is 0 Å². The van der Waals surface area contributed by atoms with E-state index in [0.717, 1.165) is 12.8 Å². The predicted octanol–water partition coefficient (Wildman–Crippen LogP) is 3.63. The molecule has 0 radical (unpaired) electrons. The van der Waals surface area contributed by atoms with E-state index in [1.165, 1.54) is 22.0 Å². The Labute approximate surface area is 98.3 Å². The van der Waals surface area contributed by atoms with Crippen molar-refractivity contribution >= 4 is 22.6 Å². The fourth-order valence-corrected chi connectivity index (χ4v) is 2.57. The van der Waals surface area contributed by atoms with Gasteiger partial charge in [0.15, 0.2) is 0 Å². The van der Waals surface area contributed by atoms with Crippen LogP contribution in [0.1, 0.15) is 31.2 Å². The Kier molecular flexibility index (Phi) is 2.78. The normalized spacial score (nSPS) is 19.1. The van der Waals surface area contributed by atoms with Crippen molar-refractivity contribution in [3.63, 3.8) is 0 Å². The van der Waals surface area contributed by atoms with Crippen LogP contribution in [0, 0.1) is 14.9 Å². The third kappa shape index (κ3) is 1.66. The molecular formula is C12H12IN. The zero-order chi connectivity index (χ0) is 10.0. The Morgan fingerprint density at radius 3 is 2.21 bits per heavy atom. The number of rotatable bonds is 1. The Balaban J connectivity index is 2.37. The summed E-state index contributed by atoms with van der Waals surface area (Å²) in [5.41, 5.74) is 1.03. The summed E-state index contributed by atoms with van der Waals surface area (Å²) >= 11 is 2.29. The average Bonchev–Trinajstić information content (AvgIpc) is 2.68. The summed E-state index contributed by atoms with van der Waals surface area (Å²) < 4.78 is 1.23. The molecule has 1 fully saturated rings. The molecule has 2 rings (SSSR count). The molecule has 1 nitrogen and oxygen atoms in total. The molecule has 14 heavy (non-hydrogen) atoms. The van der Waals surface area contributed by atoms with Crippen LogP contribution >= 0.6 is 22.6 Å². The van der Waals surface area contributed by atoms with E-state index in [1.54, 1.807) is 0 Å². The minimum atomic E-state index is -0.176. The lowest BCUT2D eigenvalue weighted by molar-refractivity contribution is 0.573. The molecule has 0 amide bonds. The van der Waals surface area contributed by atoms with E-state index in [4.69, 9.17) is 0 Å². The molecule has 0 unspecified atom stereocenters. The second-order valence-electron chi connectivity index (χ2n) is 3.91. The molecule has 0 aliphatic heterocycles. The lowest BCUT2D eigenvalue weighted by Crippen LogP contribution is -2.18. The van der Waals surface area contributed by atoms with Crippen LogP contribution in [0.4, 0.5) is 0 Å². The Bertz CT molecular complexity index is 355. The highest BCUT2D eigenvalue weighted by molar-refractivity contribution is 14.1. The smallest absolute Gasteiger partial charge is 0.0822 e. The maximum atomic E-state index is 9.29. The maximum Gasteiger partial charge on any atom is 0.0822 e. The number of nitrogens with zero attached hydrogens (tertiary/aromatic N) is 1. The lowest BCUT2D eigenvalue weighted by Gasteiger charge is -2.20. The molecule has 1 aliphatic carbocycles. The first-order chi connectivity index (χ1) is 6.77. The van der Waals surface area contributed by atoms with Gasteiger partial charge in [-0.25, -0.2) is 0 Å². The molecule has 0 heterocycles. The number of halogens is 1. The fourth-order valence-electron chi connectivity index (χ4n) is 2.21. The van der Waals surface area contributed by atoms with Crippen molar-refractivity contribution in [2.24, 2.45) is 0 Å². The second kappa shape index (κ2) is 3.90. The van der Waals surface area contributed by atoms with Gasteiger partial charge in [-0.2, -0.15) is 5.26 Å². The number of hydrogen-bond acceptors (Lipinski definition) is 1. The van der Waals surface area contributed by atoms with Crippen LogP contribution in [0.2, 0.25) is 0 Å². The van der Waals surface area contributed by atoms with Gasteiger partial charge < -0.3 is 0 Å².